The topological polar surface area (TPSA) is 46.5 Å². The van der Waals surface area contributed by atoms with Crippen molar-refractivity contribution in [2.24, 2.45) is 5.92 Å². The molecule has 74 valence electrons. The molecule has 0 bridgehead atoms. The number of allylic oxidation sites excluding steroid dienone is 2. The third-order valence-electron chi connectivity index (χ3n) is 2.10. The molecule has 0 aromatic heterocycles. The van der Waals surface area contributed by atoms with E-state index in [-0.39, 0.29) is 0 Å². The zero-order valence-corrected chi connectivity index (χ0v) is 8.45. The molecule has 0 saturated carbocycles. The van der Waals surface area contributed by atoms with Gasteiger partial charge < -0.3 is 9.42 Å². The van der Waals surface area contributed by atoms with Gasteiger partial charge in [-0.3, -0.25) is 4.57 Å². The SMILES string of the molecule is C=CP(=O)(O)OCC1CC=CCC1. The van der Waals surface area contributed by atoms with Crippen LogP contribution < -0.4 is 0 Å². The summed E-state index contributed by atoms with van der Waals surface area (Å²) in [5, 5.41) is 0. The summed E-state index contributed by atoms with van der Waals surface area (Å²) in [6.45, 7) is 3.60. The lowest BCUT2D eigenvalue weighted by Crippen LogP contribution is -2.09. The molecule has 0 saturated heterocycles. The van der Waals surface area contributed by atoms with Crippen molar-refractivity contribution in [2.45, 2.75) is 19.3 Å². The summed E-state index contributed by atoms with van der Waals surface area (Å²) in [7, 11) is -3.50. The minimum Gasteiger partial charge on any atom is -0.321 e. The van der Waals surface area contributed by atoms with E-state index in [1.165, 1.54) is 0 Å². The van der Waals surface area contributed by atoms with Crippen molar-refractivity contribution in [3.05, 3.63) is 24.5 Å². The second-order valence-electron chi connectivity index (χ2n) is 3.19. The van der Waals surface area contributed by atoms with Crippen molar-refractivity contribution >= 4 is 7.60 Å². The largest absolute Gasteiger partial charge is 0.351 e. The molecule has 0 amide bonds. The fraction of sp³-hybridized carbons (Fsp3) is 0.556. The molecule has 0 aromatic rings. The predicted molar refractivity (Wildman–Crippen MR) is 52.5 cm³/mol. The predicted octanol–water partition coefficient (Wildman–Crippen LogP) is 2.69. The number of hydrogen-bond acceptors (Lipinski definition) is 2. The van der Waals surface area contributed by atoms with Crippen LogP contribution in [0.1, 0.15) is 19.3 Å². The Morgan fingerprint density at radius 3 is 3.00 bits per heavy atom. The van der Waals surface area contributed by atoms with E-state index in [4.69, 9.17) is 9.42 Å². The Bertz CT molecular complexity index is 247. The molecule has 2 unspecified atom stereocenters. The summed E-state index contributed by atoms with van der Waals surface area (Å²) < 4.78 is 15.9. The molecule has 1 rings (SSSR count). The average molecular weight is 202 g/mol. The molecule has 2 atom stereocenters. The molecule has 0 fully saturated rings. The van der Waals surface area contributed by atoms with Crippen LogP contribution in [0.5, 0.6) is 0 Å². The second kappa shape index (κ2) is 4.75. The van der Waals surface area contributed by atoms with Crippen LogP contribution in [-0.4, -0.2) is 11.5 Å². The number of rotatable bonds is 4. The Kier molecular flexibility index (Phi) is 3.91. The number of hydrogen-bond donors (Lipinski definition) is 1. The Balaban J connectivity index is 2.30. The highest BCUT2D eigenvalue weighted by Crippen LogP contribution is 2.43. The van der Waals surface area contributed by atoms with E-state index in [2.05, 4.69) is 18.7 Å². The maximum atomic E-state index is 11.0. The van der Waals surface area contributed by atoms with Gasteiger partial charge in [-0.1, -0.05) is 18.7 Å². The molecule has 0 aromatic carbocycles. The quantitative estimate of drug-likeness (QED) is 0.563. The fourth-order valence-electron chi connectivity index (χ4n) is 1.27. The summed E-state index contributed by atoms with van der Waals surface area (Å²) in [5.74, 6) is 1.36. The Morgan fingerprint density at radius 2 is 2.46 bits per heavy atom. The highest BCUT2D eigenvalue weighted by atomic mass is 31.2. The van der Waals surface area contributed by atoms with Gasteiger partial charge in [0.05, 0.1) is 6.61 Å². The van der Waals surface area contributed by atoms with Crippen molar-refractivity contribution in [3.63, 3.8) is 0 Å². The molecule has 4 heteroatoms. The first-order chi connectivity index (χ1) is 6.14. The van der Waals surface area contributed by atoms with Crippen LogP contribution >= 0.6 is 7.60 Å². The monoisotopic (exact) mass is 202 g/mol. The Labute approximate surface area is 78.6 Å². The first-order valence-electron chi connectivity index (χ1n) is 4.39. The van der Waals surface area contributed by atoms with Crippen LogP contribution in [0.25, 0.3) is 0 Å². The van der Waals surface area contributed by atoms with Crippen LogP contribution in [0.15, 0.2) is 24.5 Å². The third-order valence-corrected chi connectivity index (χ3v) is 3.08. The van der Waals surface area contributed by atoms with Gasteiger partial charge >= 0.3 is 7.60 Å². The Morgan fingerprint density at radius 1 is 1.69 bits per heavy atom. The first kappa shape index (κ1) is 10.7. The fourth-order valence-corrected chi connectivity index (χ4v) is 1.80. The molecular weight excluding hydrogens is 187 g/mol. The van der Waals surface area contributed by atoms with Crippen LogP contribution in [0.4, 0.5) is 0 Å². The summed E-state index contributed by atoms with van der Waals surface area (Å²) in [6.07, 6.45) is 7.24. The molecule has 13 heavy (non-hydrogen) atoms. The van der Waals surface area contributed by atoms with Gasteiger partial charge in [0.2, 0.25) is 0 Å². The van der Waals surface area contributed by atoms with Crippen LogP contribution in [0.3, 0.4) is 0 Å². The summed E-state index contributed by atoms with van der Waals surface area (Å²) in [6, 6.07) is 0. The van der Waals surface area contributed by atoms with Crippen LogP contribution in [0.2, 0.25) is 0 Å². The lowest BCUT2D eigenvalue weighted by molar-refractivity contribution is 0.213. The smallest absolute Gasteiger partial charge is 0.321 e. The third kappa shape index (κ3) is 3.90. The molecule has 3 nitrogen and oxygen atoms in total. The van der Waals surface area contributed by atoms with Crippen LogP contribution in [-0.2, 0) is 9.09 Å². The molecule has 0 aliphatic heterocycles. The van der Waals surface area contributed by atoms with Gasteiger partial charge in [-0.05, 0) is 25.2 Å². The first-order valence-corrected chi connectivity index (χ1v) is 6.04. The molecule has 1 N–H and O–H groups in total. The standard InChI is InChI=1S/C9H15O3P/c1-2-13(10,11)12-8-9-6-4-3-5-7-9/h2-4,9H,1,5-8H2,(H,10,11). The lowest BCUT2D eigenvalue weighted by atomic mass is 9.96. The van der Waals surface area contributed by atoms with E-state index >= 15 is 0 Å². The van der Waals surface area contributed by atoms with Crippen molar-refractivity contribution < 1.29 is 14.0 Å². The van der Waals surface area contributed by atoms with Gasteiger partial charge in [0.25, 0.3) is 0 Å². The van der Waals surface area contributed by atoms with Gasteiger partial charge in [-0.25, -0.2) is 0 Å². The molecule has 1 aliphatic rings. The molecular formula is C9H15O3P. The maximum Gasteiger partial charge on any atom is 0.351 e. The van der Waals surface area contributed by atoms with Crippen molar-refractivity contribution in [1.82, 2.24) is 0 Å². The Hall–Kier alpha value is -0.370. The molecule has 0 spiro atoms. The van der Waals surface area contributed by atoms with E-state index < -0.39 is 7.60 Å². The van der Waals surface area contributed by atoms with Crippen molar-refractivity contribution in [3.8, 4) is 0 Å². The van der Waals surface area contributed by atoms with E-state index in [0.717, 1.165) is 25.1 Å². The average Bonchev–Trinajstić information content (AvgIpc) is 2.17. The van der Waals surface area contributed by atoms with Gasteiger partial charge in [-0.15, -0.1) is 0 Å². The highest BCUT2D eigenvalue weighted by Gasteiger charge is 2.17. The van der Waals surface area contributed by atoms with Gasteiger partial charge in [0, 0.05) is 5.82 Å². The minimum absolute atomic E-state index is 0.351. The van der Waals surface area contributed by atoms with E-state index in [0.29, 0.717) is 12.5 Å². The second-order valence-corrected chi connectivity index (χ2v) is 4.94. The molecule has 1 aliphatic carbocycles. The highest BCUT2D eigenvalue weighted by molar-refractivity contribution is 7.56. The van der Waals surface area contributed by atoms with E-state index in [9.17, 15) is 4.57 Å². The summed E-state index contributed by atoms with van der Waals surface area (Å²) >= 11 is 0. The van der Waals surface area contributed by atoms with E-state index in [1.807, 2.05) is 0 Å². The minimum atomic E-state index is -3.50. The summed E-state index contributed by atoms with van der Waals surface area (Å²) in [5.41, 5.74) is 0. The van der Waals surface area contributed by atoms with Gasteiger partial charge in [0.1, 0.15) is 0 Å². The van der Waals surface area contributed by atoms with E-state index in [1.54, 1.807) is 0 Å². The van der Waals surface area contributed by atoms with Crippen LogP contribution in [0, 0.1) is 5.92 Å². The van der Waals surface area contributed by atoms with Gasteiger partial charge in [0.15, 0.2) is 0 Å². The van der Waals surface area contributed by atoms with Gasteiger partial charge in [-0.2, -0.15) is 0 Å². The van der Waals surface area contributed by atoms with Crippen molar-refractivity contribution in [1.29, 1.82) is 0 Å². The molecule has 0 heterocycles. The zero-order chi connectivity index (χ0) is 9.73. The normalized spacial score (nSPS) is 26.7. The molecule has 0 radical (unpaired) electrons. The lowest BCUT2D eigenvalue weighted by Gasteiger charge is -2.18. The maximum absolute atomic E-state index is 11.0. The zero-order valence-electron chi connectivity index (χ0n) is 7.56. The van der Waals surface area contributed by atoms with Crippen molar-refractivity contribution in [2.75, 3.05) is 6.61 Å². The summed E-state index contributed by atoms with van der Waals surface area (Å²) in [4.78, 5) is 9.05.